The van der Waals surface area contributed by atoms with Gasteiger partial charge in [0.15, 0.2) is 6.29 Å². The summed E-state index contributed by atoms with van der Waals surface area (Å²) >= 11 is 0. The van der Waals surface area contributed by atoms with Gasteiger partial charge in [-0.2, -0.15) is 0 Å². The Morgan fingerprint density at radius 2 is 1.78 bits per heavy atom. The average molecular weight is 134 g/mol. The topological polar surface area (TPSA) is 81.5 Å². The van der Waals surface area contributed by atoms with Crippen LogP contribution in [0.4, 0.5) is 0 Å². The Balaban J connectivity index is 3.38. The molecule has 5 N–H and O–H groups in total. The number of ether oxygens (including phenoxy) is 1. The van der Waals surface area contributed by atoms with Crippen molar-refractivity contribution in [1.29, 1.82) is 0 Å². The van der Waals surface area contributed by atoms with Gasteiger partial charge < -0.3 is 21.3 Å². The molecule has 0 aromatic heterocycles. The molecule has 0 aliphatic heterocycles. The maximum Gasteiger partial charge on any atom is 0.183 e. The Bertz CT molecular complexity index is 75.4. The van der Waals surface area contributed by atoms with Gasteiger partial charge in [0.05, 0.1) is 6.10 Å². The predicted molar refractivity (Wildman–Crippen MR) is 34.4 cm³/mol. The van der Waals surface area contributed by atoms with Crippen molar-refractivity contribution in [2.75, 3.05) is 0 Å². The predicted octanol–water partition coefficient (Wildman–Crippen LogP) is -1.03. The molecule has 0 aliphatic rings. The lowest BCUT2D eigenvalue weighted by atomic mass is 10.4. The number of rotatable bonds is 3. The van der Waals surface area contributed by atoms with E-state index < -0.39 is 12.5 Å². The molecule has 4 heteroatoms. The lowest BCUT2D eigenvalue weighted by Crippen LogP contribution is -2.45. The van der Waals surface area contributed by atoms with Gasteiger partial charge in [-0.25, -0.2) is 0 Å². The summed E-state index contributed by atoms with van der Waals surface area (Å²) in [6.07, 6.45) is -1.91. The Morgan fingerprint density at radius 1 is 1.33 bits per heavy atom. The molecule has 9 heavy (non-hydrogen) atoms. The first-order valence-corrected chi connectivity index (χ1v) is 2.88. The van der Waals surface area contributed by atoms with E-state index in [9.17, 15) is 0 Å². The molecule has 0 aromatic rings. The van der Waals surface area contributed by atoms with Gasteiger partial charge in [0.2, 0.25) is 0 Å². The van der Waals surface area contributed by atoms with Crippen LogP contribution < -0.4 is 11.5 Å². The highest BCUT2D eigenvalue weighted by molar-refractivity contribution is 4.54. The molecule has 0 aromatic carbocycles. The number of hydrogen-bond acceptors (Lipinski definition) is 4. The molecule has 0 fully saturated rings. The lowest BCUT2D eigenvalue weighted by molar-refractivity contribution is -0.136. The molecular formula is C5H14N2O2. The number of hydrogen-bond donors (Lipinski definition) is 3. The van der Waals surface area contributed by atoms with Crippen LogP contribution in [0.5, 0.6) is 0 Å². The van der Waals surface area contributed by atoms with E-state index in [1.54, 1.807) is 13.8 Å². The second-order valence-electron chi connectivity index (χ2n) is 2.15. The van der Waals surface area contributed by atoms with E-state index in [0.29, 0.717) is 0 Å². The summed E-state index contributed by atoms with van der Waals surface area (Å²) in [5.41, 5.74) is 10.2. The molecule has 0 saturated carbocycles. The van der Waals surface area contributed by atoms with Crippen LogP contribution in [0, 0.1) is 0 Å². The summed E-state index contributed by atoms with van der Waals surface area (Å²) in [7, 11) is 0. The van der Waals surface area contributed by atoms with E-state index in [-0.39, 0.29) is 6.10 Å². The summed E-state index contributed by atoms with van der Waals surface area (Å²) in [5.74, 6) is 0. The Morgan fingerprint density at radius 3 is 1.89 bits per heavy atom. The summed E-state index contributed by atoms with van der Waals surface area (Å²) in [4.78, 5) is 0. The Kier molecular flexibility index (Phi) is 3.72. The first-order chi connectivity index (χ1) is 4.04. The van der Waals surface area contributed by atoms with Crippen molar-refractivity contribution in [2.24, 2.45) is 11.5 Å². The smallest absolute Gasteiger partial charge is 0.183 e. The van der Waals surface area contributed by atoms with Crippen LogP contribution >= 0.6 is 0 Å². The van der Waals surface area contributed by atoms with Gasteiger partial charge in [0.25, 0.3) is 0 Å². The Labute approximate surface area is 54.8 Å². The van der Waals surface area contributed by atoms with Crippen LogP contribution in [-0.2, 0) is 4.74 Å². The van der Waals surface area contributed by atoms with Gasteiger partial charge in [-0.15, -0.1) is 0 Å². The van der Waals surface area contributed by atoms with E-state index in [1.165, 1.54) is 0 Å². The van der Waals surface area contributed by atoms with Gasteiger partial charge >= 0.3 is 0 Å². The largest absolute Gasteiger partial charge is 0.366 e. The van der Waals surface area contributed by atoms with Crippen LogP contribution in [-0.4, -0.2) is 23.7 Å². The van der Waals surface area contributed by atoms with E-state index in [2.05, 4.69) is 0 Å². The van der Waals surface area contributed by atoms with E-state index in [1.807, 2.05) is 0 Å². The van der Waals surface area contributed by atoms with Gasteiger partial charge in [0.1, 0.15) is 6.17 Å². The zero-order chi connectivity index (χ0) is 7.44. The number of nitrogens with two attached hydrogens (primary N) is 2. The van der Waals surface area contributed by atoms with Crippen LogP contribution in [0.2, 0.25) is 0 Å². The molecule has 0 rings (SSSR count). The Hall–Kier alpha value is -0.160. The fraction of sp³-hybridized carbons (Fsp3) is 1.00. The SMILES string of the molecule is CC(C)OC(O)C(N)N. The maximum absolute atomic E-state index is 8.82. The first kappa shape index (κ1) is 8.84. The zero-order valence-electron chi connectivity index (χ0n) is 5.74. The van der Waals surface area contributed by atoms with Crippen LogP contribution in [0.15, 0.2) is 0 Å². The molecule has 1 atom stereocenters. The maximum atomic E-state index is 8.82. The van der Waals surface area contributed by atoms with Gasteiger partial charge in [0, 0.05) is 0 Å². The van der Waals surface area contributed by atoms with Gasteiger partial charge in [-0.05, 0) is 13.8 Å². The third kappa shape index (κ3) is 4.35. The molecule has 0 amide bonds. The fourth-order valence-electron chi connectivity index (χ4n) is 0.370. The number of aliphatic hydroxyl groups is 1. The summed E-state index contributed by atoms with van der Waals surface area (Å²) < 4.78 is 4.82. The van der Waals surface area contributed by atoms with E-state index >= 15 is 0 Å². The highest BCUT2D eigenvalue weighted by atomic mass is 16.6. The average Bonchev–Trinajstić information content (AvgIpc) is 1.63. The molecule has 0 saturated heterocycles. The van der Waals surface area contributed by atoms with E-state index in [4.69, 9.17) is 21.3 Å². The summed E-state index contributed by atoms with van der Waals surface area (Å²) in [6.45, 7) is 3.59. The fourth-order valence-corrected chi connectivity index (χ4v) is 0.370. The first-order valence-electron chi connectivity index (χ1n) is 2.88. The number of aliphatic hydroxyl groups excluding tert-OH is 1. The molecule has 4 nitrogen and oxygen atoms in total. The minimum atomic E-state index is -1.05. The molecule has 0 radical (unpaired) electrons. The molecule has 0 spiro atoms. The molecule has 0 aliphatic carbocycles. The molecular weight excluding hydrogens is 120 g/mol. The molecule has 0 heterocycles. The van der Waals surface area contributed by atoms with Crippen molar-refractivity contribution in [1.82, 2.24) is 0 Å². The van der Waals surface area contributed by atoms with Crippen molar-refractivity contribution in [2.45, 2.75) is 32.4 Å². The van der Waals surface area contributed by atoms with Gasteiger partial charge in [-0.1, -0.05) is 0 Å². The highest BCUT2D eigenvalue weighted by Crippen LogP contribution is 1.93. The summed E-state index contributed by atoms with van der Waals surface area (Å²) in [6, 6.07) is 0. The zero-order valence-corrected chi connectivity index (χ0v) is 5.74. The van der Waals surface area contributed by atoms with Crippen molar-refractivity contribution >= 4 is 0 Å². The summed E-state index contributed by atoms with van der Waals surface area (Å²) in [5, 5.41) is 8.82. The minimum absolute atomic E-state index is 0.0467. The highest BCUT2D eigenvalue weighted by Gasteiger charge is 2.10. The van der Waals surface area contributed by atoms with Crippen molar-refractivity contribution in [3.05, 3.63) is 0 Å². The quantitative estimate of drug-likeness (QED) is 0.431. The molecule has 1 unspecified atom stereocenters. The van der Waals surface area contributed by atoms with Crippen molar-refractivity contribution < 1.29 is 9.84 Å². The second kappa shape index (κ2) is 3.79. The monoisotopic (exact) mass is 134 g/mol. The minimum Gasteiger partial charge on any atom is -0.366 e. The van der Waals surface area contributed by atoms with E-state index in [0.717, 1.165) is 0 Å². The third-order valence-corrected chi connectivity index (χ3v) is 0.741. The molecule has 56 valence electrons. The lowest BCUT2D eigenvalue weighted by Gasteiger charge is -2.17. The normalized spacial score (nSPS) is 15.0. The van der Waals surface area contributed by atoms with Crippen LogP contribution in [0.1, 0.15) is 13.8 Å². The van der Waals surface area contributed by atoms with Crippen LogP contribution in [0.3, 0.4) is 0 Å². The van der Waals surface area contributed by atoms with Crippen molar-refractivity contribution in [3.8, 4) is 0 Å². The van der Waals surface area contributed by atoms with Crippen molar-refractivity contribution in [3.63, 3.8) is 0 Å². The van der Waals surface area contributed by atoms with Gasteiger partial charge in [-0.3, -0.25) is 0 Å². The van der Waals surface area contributed by atoms with Crippen LogP contribution in [0.25, 0.3) is 0 Å². The molecule has 0 bridgehead atoms. The second-order valence-corrected chi connectivity index (χ2v) is 2.15. The standard InChI is InChI=1S/C5H14N2O2/c1-3(2)9-5(8)4(6)7/h3-5,8H,6-7H2,1-2H3. The third-order valence-electron chi connectivity index (χ3n) is 0.741.